The Hall–Kier alpha value is -2.78. The zero-order chi connectivity index (χ0) is 21.8. The van der Waals surface area contributed by atoms with Gasteiger partial charge in [-0.1, -0.05) is 37.3 Å². The molecule has 31 heavy (non-hydrogen) atoms. The molecule has 0 atom stereocenters. The summed E-state index contributed by atoms with van der Waals surface area (Å²) in [4.78, 5) is 41.6. The van der Waals surface area contributed by atoms with E-state index in [1.807, 2.05) is 28.8 Å². The Morgan fingerprint density at radius 2 is 2.03 bits per heavy atom. The van der Waals surface area contributed by atoms with Crippen LogP contribution >= 0.6 is 23.1 Å². The maximum Gasteiger partial charge on any atom is 0.277 e. The van der Waals surface area contributed by atoms with Crippen molar-refractivity contribution in [3.8, 4) is 0 Å². The average Bonchev–Trinajstić information content (AvgIpc) is 3.16. The summed E-state index contributed by atoms with van der Waals surface area (Å²) in [5.74, 6) is -0.236. The summed E-state index contributed by atoms with van der Waals surface area (Å²) in [5.41, 5.74) is 2.20. The molecule has 2 aromatic heterocycles. The summed E-state index contributed by atoms with van der Waals surface area (Å²) in [6.07, 6.45) is 5.47. The molecule has 0 saturated heterocycles. The molecule has 3 aromatic rings. The van der Waals surface area contributed by atoms with E-state index in [9.17, 15) is 9.59 Å². The van der Waals surface area contributed by atoms with Crippen LogP contribution in [0.25, 0.3) is 0 Å². The van der Waals surface area contributed by atoms with Gasteiger partial charge in [-0.2, -0.15) is 0 Å². The highest BCUT2D eigenvalue weighted by molar-refractivity contribution is 7.99. The molecule has 1 aliphatic rings. The van der Waals surface area contributed by atoms with E-state index in [0.717, 1.165) is 16.1 Å². The van der Waals surface area contributed by atoms with Gasteiger partial charge >= 0.3 is 0 Å². The summed E-state index contributed by atoms with van der Waals surface area (Å²) >= 11 is 3.22. The third-order valence-electron chi connectivity index (χ3n) is 4.75. The lowest BCUT2D eigenvalue weighted by atomic mass is 10.1. The van der Waals surface area contributed by atoms with Crippen molar-refractivity contribution < 1.29 is 9.59 Å². The minimum Gasteiger partial charge on any atom is -0.337 e. The van der Waals surface area contributed by atoms with Gasteiger partial charge in [-0.25, -0.2) is 9.97 Å². The molecule has 1 aliphatic heterocycles. The normalized spacial score (nSPS) is 13.2. The fourth-order valence-corrected chi connectivity index (χ4v) is 5.14. The van der Waals surface area contributed by atoms with E-state index >= 15 is 0 Å². The Bertz CT molecular complexity index is 1070. The van der Waals surface area contributed by atoms with Gasteiger partial charge in [0.1, 0.15) is 5.69 Å². The molecule has 1 aromatic carbocycles. The number of hydrogen-bond acceptors (Lipinski definition) is 7. The van der Waals surface area contributed by atoms with E-state index in [1.54, 1.807) is 0 Å². The van der Waals surface area contributed by atoms with Crippen LogP contribution in [0.5, 0.6) is 0 Å². The second kappa shape index (κ2) is 9.57. The highest BCUT2D eigenvalue weighted by atomic mass is 32.2. The average molecular weight is 454 g/mol. The number of benzene rings is 1. The van der Waals surface area contributed by atoms with Crippen molar-refractivity contribution in [2.75, 3.05) is 11.9 Å². The predicted molar refractivity (Wildman–Crippen MR) is 122 cm³/mol. The van der Waals surface area contributed by atoms with Crippen LogP contribution in [0, 0.1) is 0 Å². The van der Waals surface area contributed by atoms with Crippen LogP contribution in [0.1, 0.15) is 40.5 Å². The van der Waals surface area contributed by atoms with E-state index in [1.165, 1.54) is 34.8 Å². The van der Waals surface area contributed by atoms with E-state index in [2.05, 4.69) is 46.2 Å². The molecule has 0 unspecified atom stereocenters. The molecule has 2 amide bonds. The van der Waals surface area contributed by atoms with Crippen LogP contribution in [0.3, 0.4) is 0 Å². The van der Waals surface area contributed by atoms with Crippen LogP contribution in [0.15, 0.2) is 47.8 Å². The van der Waals surface area contributed by atoms with Gasteiger partial charge in [0.15, 0.2) is 5.13 Å². The molecule has 160 valence electrons. The molecule has 0 fully saturated rings. The number of aromatic nitrogens is 3. The lowest BCUT2D eigenvalue weighted by Crippen LogP contribution is -2.36. The molecule has 0 radical (unpaired) electrons. The Morgan fingerprint density at radius 3 is 2.74 bits per heavy atom. The first-order chi connectivity index (χ1) is 15.0. The standard InChI is InChI=1S/C22H23N5O2S2/c1-14(2)30-16-5-3-15(4-6-16)11-20(28)27-10-7-17-19(13-27)31-22(25-17)26-21(29)18-12-23-8-9-24-18/h3-6,8-9,12,14H,7,10-11,13H2,1-2H3,(H,25,26,29). The van der Waals surface area contributed by atoms with Crippen molar-refractivity contribution in [3.05, 3.63) is 64.7 Å². The first kappa shape index (κ1) is 21.5. The lowest BCUT2D eigenvalue weighted by Gasteiger charge is -2.26. The quantitative estimate of drug-likeness (QED) is 0.571. The van der Waals surface area contributed by atoms with Crippen molar-refractivity contribution in [1.29, 1.82) is 0 Å². The van der Waals surface area contributed by atoms with Gasteiger partial charge in [0, 0.05) is 40.4 Å². The Kier molecular flexibility index (Phi) is 6.62. The highest BCUT2D eigenvalue weighted by Gasteiger charge is 2.25. The van der Waals surface area contributed by atoms with Crippen molar-refractivity contribution in [2.45, 2.75) is 43.4 Å². The Morgan fingerprint density at radius 1 is 1.23 bits per heavy atom. The lowest BCUT2D eigenvalue weighted by molar-refractivity contribution is -0.131. The first-order valence-corrected chi connectivity index (χ1v) is 11.8. The van der Waals surface area contributed by atoms with Gasteiger partial charge < -0.3 is 4.90 Å². The smallest absolute Gasteiger partial charge is 0.277 e. The largest absolute Gasteiger partial charge is 0.337 e. The maximum atomic E-state index is 12.8. The molecular formula is C22H23N5O2S2. The number of rotatable bonds is 6. The number of hydrogen-bond donors (Lipinski definition) is 1. The SMILES string of the molecule is CC(C)Sc1ccc(CC(=O)N2CCc3nc(NC(=O)c4cnccn4)sc3C2)cc1. The predicted octanol–water partition coefficient (Wildman–Crippen LogP) is 3.81. The third-order valence-corrected chi connectivity index (χ3v) is 6.76. The molecule has 4 rings (SSSR count). The van der Waals surface area contributed by atoms with Gasteiger partial charge in [0.05, 0.1) is 24.9 Å². The van der Waals surface area contributed by atoms with Crippen LogP contribution < -0.4 is 5.32 Å². The zero-order valence-corrected chi connectivity index (χ0v) is 19.0. The topological polar surface area (TPSA) is 88.1 Å². The van der Waals surface area contributed by atoms with Gasteiger partial charge in [0.25, 0.3) is 5.91 Å². The van der Waals surface area contributed by atoms with E-state index < -0.39 is 0 Å². The molecule has 0 aliphatic carbocycles. The highest BCUT2D eigenvalue weighted by Crippen LogP contribution is 2.29. The van der Waals surface area contributed by atoms with Crippen LogP contribution in [-0.4, -0.2) is 43.5 Å². The van der Waals surface area contributed by atoms with Crippen molar-refractivity contribution in [2.24, 2.45) is 0 Å². The number of carbonyl (C=O) groups excluding carboxylic acids is 2. The zero-order valence-electron chi connectivity index (χ0n) is 17.4. The minimum atomic E-state index is -0.341. The number of thiazole rings is 1. The number of thioether (sulfide) groups is 1. The van der Waals surface area contributed by atoms with E-state index in [-0.39, 0.29) is 17.5 Å². The molecule has 0 spiro atoms. The Labute approximate surface area is 189 Å². The van der Waals surface area contributed by atoms with E-state index in [4.69, 9.17) is 0 Å². The first-order valence-electron chi connectivity index (χ1n) is 10.1. The number of anilines is 1. The summed E-state index contributed by atoms with van der Waals surface area (Å²) in [6, 6.07) is 8.23. The van der Waals surface area contributed by atoms with Crippen LogP contribution in [0.4, 0.5) is 5.13 Å². The minimum absolute atomic E-state index is 0.105. The molecule has 1 N–H and O–H groups in total. The third kappa shape index (κ3) is 5.48. The number of nitrogens with one attached hydrogen (secondary N) is 1. The second-order valence-corrected chi connectivity index (χ2v) is 10.2. The van der Waals surface area contributed by atoms with E-state index in [0.29, 0.717) is 36.3 Å². The van der Waals surface area contributed by atoms with Gasteiger partial charge in [-0.05, 0) is 17.7 Å². The number of fused-ring (bicyclic) bond motifs is 1. The van der Waals surface area contributed by atoms with Gasteiger partial charge in [-0.3, -0.25) is 19.9 Å². The number of nitrogens with zero attached hydrogens (tertiary/aromatic N) is 4. The number of carbonyl (C=O) groups is 2. The maximum absolute atomic E-state index is 12.8. The van der Waals surface area contributed by atoms with Crippen molar-refractivity contribution in [3.63, 3.8) is 0 Å². The molecule has 3 heterocycles. The molecule has 9 heteroatoms. The van der Waals surface area contributed by atoms with Crippen LogP contribution in [0.2, 0.25) is 0 Å². The van der Waals surface area contributed by atoms with Crippen LogP contribution in [-0.2, 0) is 24.2 Å². The summed E-state index contributed by atoms with van der Waals surface area (Å²) in [7, 11) is 0. The fourth-order valence-electron chi connectivity index (χ4n) is 3.28. The van der Waals surface area contributed by atoms with Gasteiger partial charge in [0.2, 0.25) is 5.91 Å². The number of amides is 2. The molecule has 0 saturated carbocycles. The molecule has 7 nitrogen and oxygen atoms in total. The van der Waals surface area contributed by atoms with Gasteiger partial charge in [-0.15, -0.1) is 11.8 Å². The summed E-state index contributed by atoms with van der Waals surface area (Å²) in [6.45, 7) is 5.49. The second-order valence-electron chi connectivity index (χ2n) is 7.49. The van der Waals surface area contributed by atoms with Crippen molar-refractivity contribution >= 4 is 40.0 Å². The monoisotopic (exact) mass is 453 g/mol. The summed E-state index contributed by atoms with van der Waals surface area (Å²) in [5, 5.41) is 3.83. The van der Waals surface area contributed by atoms with Crippen molar-refractivity contribution in [1.82, 2.24) is 19.9 Å². The Balaban J connectivity index is 1.36. The molecular weight excluding hydrogens is 430 g/mol. The molecule has 0 bridgehead atoms. The summed E-state index contributed by atoms with van der Waals surface area (Å²) < 4.78 is 0. The fraction of sp³-hybridized carbons (Fsp3) is 0.318.